The largest absolute Gasteiger partial charge is 0.494 e. The average Bonchev–Trinajstić information content (AvgIpc) is 3.37. The lowest BCUT2D eigenvalue weighted by atomic mass is 9.97. The van der Waals surface area contributed by atoms with Crippen LogP contribution in [0, 0.1) is 11.7 Å². The quantitative estimate of drug-likeness (QED) is 0.681. The molecule has 2 fully saturated rings. The average molecular weight is 441 g/mol. The molecule has 2 aliphatic heterocycles. The van der Waals surface area contributed by atoms with Gasteiger partial charge < -0.3 is 19.3 Å². The molecule has 32 heavy (non-hydrogen) atoms. The Labute approximate surface area is 187 Å². The van der Waals surface area contributed by atoms with Crippen LogP contribution in [-0.2, 0) is 0 Å². The lowest BCUT2D eigenvalue weighted by Crippen LogP contribution is -2.39. The number of methoxy groups -OCH3 is 1. The fraction of sp³-hybridized carbons (Fsp3) is 0.440. The lowest BCUT2D eigenvalue weighted by Gasteiger charge is -2.32. The van der Waals surface area contributed by atoms with E-state index >= 15 is 0 Å². The van der Waals surface area contributed by atoms with Gasteiger partial charge in [-0.15, -0.1) is 0 Å². The van der Waals surface area contributed by atoms with Gasteiger partial charge in [0.2, 0.25) is 0 Å². The molecular formula is C25H29FN2O4. The minimum Gasteiger partial charge on any atom is -0.494 e. The van der Waals surface area contributed by atoms with Gasteiger partial charge in [-0.3, -0.25) is 9.59 Å². The van der Waals surface area contributed by atoms with Crippen molar-refractivity contribution < 1.29 is 23.5 Å². The second kappa shape index (κ2) is 10.0. The maximum atomic E-state index is 13.9. The van der Waals surface area contributed by atoms with E-state index in [1.807, 2.05) is 29.2 Å². The van der Waals surface area contributed by atoms with E-state index in [-0.39, 0.29) is 17.6 Å². The first-order chi connectivity index (χ1) is 15.5. The molecule has 7 heteroatoms. The van der Waals surface area contributed by atoms with Crippen LogP contribution < -0.4 is 9.47 Å². The number of piperidine rings is 1. The van der Waals surface area contributed by atoms with Gasteiger partial charge in [0.25, 0.3) is 11.8 Å². The Balaban J connectivity index is 1.24. The number of hydrogen-bond acceptors (Lipinski definition) is 4. The van der Waals surface area contributed by atoms with Crippen LogP contribution in [0.5, 0.6) is 11.5 Å². The number of carbonyl (C=O) groups excluding carboxylic acids is 2. The number of carbonyl (C=O) groups is 2. The van der Waals surface area contributed by atoms with Crippen LogP contribution in [0.4, 0.5) is 4.39 Å². The summed E-state index contributed by atoms with van der Waals surface area (Å²) in [6, 6.07) is 11.6. The molecule has 170 valence electrons. The lowest BCUT2D eigenvalue weighted by molar-refractivity contribution is 0.0660. The van der Waals surface area contributed by atoms with Gasteiger partial charge in [0.05, 0.1) is 13.7 Å². The van der Waals surface area contributed by atoms with Crippen molar-refractivity contribution in [3.8, 4) is 11.5 Å². The first-order valence-electron chi connectivity index (χ1n) is 11.2. The van der Waals surface area contributed by atoms with Crippen molar-refractivity contribution in [3.63, 3.8) is 0 Å². The second-order valence-electron chi connectivity index (χ2n) is 8.42. The SMILES string of the molecule is COc1ccc(C(=O)N2CCC(COc3ccc(C(=O)N4CCCC4)cc3)CC2)cc1F. The van der Waals surface area contributed by atoms with Crippen molar-refractivity contribution >= 4 is 11.8 Å². The Bertz CT molecular complexity index is 949. The number of amides is 2. The number of ether oxygens (including phenoxy) is 2. The van der Waals surface area contributed by atoms with Gasteiger partial charge >= 0.3 is 0 Å². The molecule has 2 saturated heterocycles. The summed E-state index contributed by atoms with van der Waals surface area (Å²) in [6.45, 7) is 3.48. The van der Waals surface area contributed by atoms with E-state index in [0.717, 1.165) is 44.5 Å². The van der Waals surface area contributed by atoms with Crippen molar-refractivity contribution in [3.05, 3.63) is 59.4 Å². The summed E-state index contributed by atoms with van der Waals surface area (Å²) >= 11 is 0. The van der Waals surface area contributed by atoms with Crippen LogP contribution in [0.1, 0.15) is 46.4 Å². The molecule has 0 atom stereocenters. The summed E-state index contributed by atoms with van der Waals surface area (Å²) in [6.07, 6.45) is 3.81. The minimum absolute atomic E-state index is 0.0860. The van der Waals surface area contributed by atoms with Crippen molar-refractivity contribution in [2.24, 2.45) is 5.92 Å². The monoisotopic (exact) mass is 440 g/mol. The molecule has 2 amide bonds. The summed E-state index contributed by atoms with van der Waals surface area (Å²) in [5, 5.41) is 0. The van der Waals surface area contributed by atoms with Crippen molar-refractivity contribution in [2.45, 2.75) is 25.7 Å². The summed E-state index contributed by atoms with van der Waals surface area (Å²) in [5.74, 6) is 0.611. The molecule has 2 heterocycles. The summed E-state index contributed by atoms with van der Waals surface area (Å²) in [5.41, 5.74) is 1.03. The van der Waals surface area contributed by atoms with Gasteiger partial charge in [-0.25, -0.2) is 4.39 Å². The highest BCUT2D eigenvalue weighted by molar-refractivity contribution is 5.95. The predicted molar refractivity (Wildman–Crippen MR) is 119 cm³/mol. The van der Waals surface area contributed by atoms with E-state index in [1.54, 1.807) is 11.0 Å². The molecule has 2 aromatic carbocycles. The molecule has 4 rings (SSSR count). The Hall–Kier alpha value is -3.09. The van der Waals surface area contributed by atoms with Gasteiger partial charge in [-0.05, 0) is 74.1 Å². The first kappa shape index (κ1) is 22.1. The molecule has 0 N–H and O–H groups in total. The number of rotatable bonds is 6. The molecule has 0 spiro atoms. The fourth-order valence-electron chi connectivity index (χ4n) is 4.30. The fourth-order valence-corrected chi connectivity index (χ4v) is 4.30. The zero-order valence-corrected chi connectivity index (χ0v) is 18.4. The van der Waals surface area contributed by atoms with E-state index in [9.17, 15) is 14.0 Å². The first-order valence-corrected chi connectivity index (χ1v) is 11.2. The van der Waals surface area contributed by atoms with E-state index in [2.05, 4.69) is 0 Å². The van der Waals surface area contributed by atoms with E-state index < -0.39 is 5.82 Å². The molecule has 2 aromatic rings. The Morgan fingerprint density at radius 3 is 2.12 bits per heavy atom. The Morgan fingerprint density at radius 2 is 1.50 bits per heavy atom. The number of hydrogen-bond donors (Lipinski definition) is 0. The van der Waals surface area contributed by atoms with E-state index in [1.165, 1.54) is 19.2 Å². The zero-order chi connectivity index (χ0) is 22.5. The standard InChI is InChI=1S/C25H29FN2O4/c1-31-23-9-6-20(16-22(23)26)25(30)28-14-10-18(11-15-28)17-32-21-7-4-19(5-8-21)24(29)27-12-2-3-13-27/h4-9,16,18H,2-3,10-15,17H2,1H3. The number of benzene rings is 2. The third kappa shape index (κ3) is 5.03. The van der Waals surface area contributed by atoms with Crippen molar-refractivity contribution in [1.82, 2.24) is 9.80 Å². The van der Waals surface area contributed by atoms with Crippen LogP contribution in [-0.4, -0.2) is 61.5 Å². The molecule has 2 aliphatic rings. The molecule has 6 nitrogen and oxygen atoms in total. The highest BCUT2D eigenvalue weighted by atomic mass is 19.1. The van der Waals surface area contributed by atoms with E-state index in [0.29, 0.717) is 36.7 Å². The maximum absolute atomic E-state index is 13.9. The van der Waals surface area contributed by atoms with Crippen molar-refractivity contribution in [2.75, 3.05) is 39.9 Å². The predicted octanol–water partition coefficient (Wildman–Crippen LogP) is 4.00. The highest BCUT2D eigenvalue weighted by Gasteiger charge is 2.25. The van der Waals surface area contributed by atoms with Gasteiger partial charge in [-0.1, -0.05) is 0 Å². The minimum atomic E-state index is -0.533. The third-order valence-corrected chi connectivity index (χ3v) is 6.28. The molecular weight excluding hydrogens is 411 g/mol. The van der Waals surface area contributed by atoms with Gasteiger partial charge in [-0.2, -0.15) is 0 Å². The molecule has 0 unspecified atom stereocenters. The van der Waals surface area contributed by atoms with E-state index in [4.69, 9.17) is 9.47 Å². The maximum Gasteiger partial charge on any atom is 0.253 e. The number of halogens is 1. The smallest absolute Gasteiger partial charge is 0.253 e. The second-order valence-corrected chi connectivity index (χ2v) is 8.42. The van der Waals surface area contributed by atoms with Gasteiger partial charge in [0.15, 0.2) is 11.6 Å². The van der Waals surface area contributed by atoms with Crippen LogP contribution >= 0.6 is 0 Å². The number of likely N-dealkylation sites (tertiary alicyclic amines) is 2. The summed E-state index contributed by atoms with van der Waals surface area (Å²) < 4.78 is 24.8. The molecule has 0 aromatic heterocycles. The highest BCUT2D eigenvalue weighted by Crippen LogP contribution is 2.24. The van der Waals surface area contributed by atoms with Gasteiger partial charge in [0, 0.05) is 37.3 Å². The topological polar surface area (TPSA) is 59.1 Å². The Kier molecular flexibility index (Phi) is 6.93. The van der Waals surface area contributed by atoms with Gasteiger partial charge in [0.1, 0.15) is 5.75 Å². The molecule has 0 bridgehead atoms. The number of nitrogens with zero attached hydrogens (tertiary/aromatic N) is 2. The Morgan fingerprint density at radius 1 is 0.906 bits per heavy atom. The van der Waals surface area contributed by atoms with Crippen LogP contribution in [0.15, 0.2) is 42.5 Å². The van der Waals surface area contributed by atoms with Crippen LogP contribution in [0.2, 0.25) is 0 Å². The normalized spacial score (nSPS) is 16.8. The van der Waals surface area contributed by atoms with Crippen molar-refractivity contribution in [1.29, 1.82) is 0 Å². The van der Waals surface area contributed by atoms with Crippen LogP contribution in [0.25, 0.3) is 0 Å². The third-order valence-electron chi connectivity index (χ3n) is 6.28. The van der Waals surface area contributed by atoms with Crippen LogP contribution in [0.3, 0.4) is 0 Å². The molecule has 0 radical (unpaired) electrons. The molecule has 0 saturated carbocycles. The summed E-state index contributed by atoms with van der Waals surface area (Å²) in [4.78, 5) is 28.8. The summed E-state index contributed by atoms with van der Waals surface area (Å²) in [7, 11) is 1.40. The molecule has 0 aliphatic carbocycles. The zero-order valence-electron chi connectivity index (χ0n) is 18.4.